The van der Waals surface area contributed by atoms with Gasteiger partial charge in [-0.1, -0.05) is 46.6 Å². The van der Waals surface area contributed by atoms with Crippen LogP contribution in [0.2, 0.25) is 0 Å². The summed E-state index contributed by atoms with van der Waals surface area (Å²) in [4.78, 5) is 3.88. The van der Waals surface area contributed by atoms with Crippen LogP contribution < -0.4 is 0 Å². The number of hydrogen-bond acceptors (Lipinski definition) is 6. The molecule has 2 aromatic rings. The van der Waals surface area contributed by atoms with Gasteiger partial charge in [-0.3, -0.25) is 9.11 Å². The first-order valence-corrected chi connectivity index (χ1v) is 9.95. The lowest BCUT2D eigenvalue weighted by atomic mass is 10.1. The Morgan fingerprint density at radius 2 is 1.11 bits per heavy atom. The average Bonchev–Trinajstić information content (AvgIpc) is 2.60. The molecule has 0 amide bonds. The molecule has 0 saturated heterocycles. The largest absolute Gasteiger partial charge is 0.295 e. The molecule has 0 atom stereocenters. The van der Waals surface area contributed by atoms with E-state index < -0.39 is 30.0 Å². The van der Waals surface area contributed by atoms with Gasteiger partial charge < -0.3 is 0 Å². The Hall–Kier alpha value is -3.38. The minimum absolute atomic E-state index is 0.0419. The van der Waals surface area contributed by atoms with Crippen LogP contribution in [-0.2, 0) is 20.2 Å². The molecule has 14 heteroatoms. The Bertz CT molecular complexity index is 1170. The second-order valence-electron chi connectivity index (χ2n) is 5.11. The Balaban J connectivity index is 2.63. The van der Waals surface area contributed by atoms with Gasteiger partial charge in [0.1, 0.15) is 9.79 Å². The molecule has 144 valence electrons. The zero-order valence-electron chi connectivity index (χ0n) is 13.6. The standard InChI is InChI=1S/C14H10N6O6S2/c15-19-17-11-5-3-9(13(7-11)27(21,22)23)1-2-10-4-6-12(18-20-16)8-14(10)28(24,25)26/h1-8H,(H,21,22,23)(H,24,25,26)/b2-1+. The van der Waals surface area contributed by atoms with Crippen molar-refractivity contribution in [3.05, 3.63) is 68.4 Å². The molecule has 0 aliphatic rings. The normalized spacial score (nSPS) is 11.6. The maximum Gasteiger partial charge on any atom is 0.295 e. The molecule has 0 aliphatic carbocycles. The highest BCUT2D eigenvalue weighted by Gasteiger charge is 2.17. The molecule has 0 aliphatic heterocycles. The van der Waals surface area contributed by atoms with E-state index in [-0.39, 0.29) is 22.5 Å². The van der Waals surface area contributed by atoms with Crippen molar-refractivity contribution in [3.8, 4) is 0 Å². The van der Waals surface area contributed by atoms with Crippen LogP contribution in [-0.4, -0.2) is 25.9 Å². The van der Waals surface area contributed by atoms with E-state index in [2.05, 4.69) is 20.1 Å². The molecule has 0 spiro atoms. The SMILES string of the molecule is [N-]=[N+]=Nc1ccc(/C=C/c2ccc(N=[N+]=[N-])cc2S(=O)(=O)O)c(S(=O)(=O)O)c1. The first kappa shape index (κ1) is 20.9. The summed E-state index contributed by atoms with van der Waals surface area (Å²) >= 11 is 0. The Kier molecular flexibility index (Phi) is 6.06. The van der Waals surface area contributed by atoms with Crippen LogP contribution in [0.25, 0.3) is 33.0 Å². The fourth-order valence-electron chi connectivity index (χ4n) is 2.18. The summed E-state index contributed by atoms with van der Waals surface area (Å²) in [6, 6.07) is 6.88. The molecular weight excluding hydrogens is 412 g/mol. The van der Waals surface area contributed by atoms with Crippen LogP contribution in [0.15, 0.2) is 56.4 Å². The third-order valence-electron chi connectivity index (χ3n) is 3.31. The maximum absolute atomic E-state index is 11.6. The Morgan fingerprint density at radius 1 is 0.750 bits per heavy atom. The fourth-order valence-corrected chi connectivity index (χ4v) is 3.58. The van der Waals surface area contributed by atoms with E-state index in [0.717, 1.165) is 12.1 Å². The summed E-state index contributed by atoms with van der Waals surface area (Å²) in [5, 5.41) is 6.49. The van der Waals surface area contributed by atoms with E-state index >= 15 is 0 Å². The summed E-state index contributed by atoms with van der Waals surface area (Å²) in [7, 11) is -9.38. The van der Waals surface area contributed by atoms with Gasteiger partial charge in [0.2, 0.25) is 0 Å². The summed E-state index contributed by atoms with van der Waals surface area (Å²) in [6.45, 7) is 0. The molecule has 0 radical (unpaired) electrons. The molecule has 0 fully saturated rings. The van der Waals surface area contributed by atoms with Crippen molar-refractivity contribution in [2.75, 3.05) is 0 Å². The zero-order chi connectivity index (χ0) is 20.9. The number of hydrogen-bond donors (Lipinski definition) is 2. The molecule has 28 heavy (non-hydrogen) atoms. The molecule has 0 heterocycles. The van der Waals surface area contributed by atoms with Gasteiger partial charge in [0.15, 0.2) is 0 Å². The molecule has 2 N–H and O–H groups in total. The number of rotatable bonds is 6. The van der Waals surface area contributed by atoms with E-state index in [9.17, 15) is 25.9 Å². The van der Waals surface area contributed by atoms with Gasteiger partial charge in [-0.2, -0.15) is 16.8 Å². The van der Waals surface area contributed by atoms with Crippen molar-refractivity contribution in [2.24, 2.45) is 10.2 Å². The molecular formula is C14H10N6O6S2. The molecule has 0 aromatic heterocycles. The van der Waals surface area contributed by atoms with Gasteiger partial charge in [0.25, 0.3) is 20.2 Å². The van der Waals surface area contributed by atoms with Crippen molar-refractivity contribution in [3.63, 3.8) is 0 Å². The van der Waals surface area contributed by atoms with Crippen LogP contribution in [0, 0.1) is 0 Å². The highest BCUT2D eigenvalue weighted by molar-refractivity contribution is 7.86. The van der Waals surface area contributed by atoms with E-state index in [4.69, 9.17) is 11.1 Å². The lowest BCUT2D eigenvalue weighted by Crippen LogP contribution is -2.01. The van der Waals surface area contributed by atoms with E-state index in [1.165, 1.54) is 36.4 Å². The third kappa shape index (κ3) is 5.08. The highest BCUT2D eigenvalue weighted by Crippen LogP contribution is 2.27. The summed E-state index contributed by atoms with van der Waals surface area (Å²) in [5.41, 5.74) is 16.6. The van der Waals surface area contributed by atoms with E-state index in [1.807, 2.05) is 0 Å². The van der Waals surface area contributed by atoms with Crippen molar-refractivity contribution in [1.29, 1.82) is 0 Å². The molecule has 0 bridgehead atoms. The molecule has 2 rings (SSSR count). The monoisotopic (exact) mass is 422 g/mol. The fraction of sp³-hybridized carbons (Fsp3) is 0. The predicted octanol–water partition coefficient (Wildman–Crippen LogP) is 4.23. The topological polar surface area (TPSA) is 206 Å². The first-order chi connectivity index (χ1) is 13.1. The Morgan fingerprint density at radius 3 is 1.39 bits per heavy atom. The minimum Gasteiger partial charge on any atom is -0.282 e. The lowest BCUT2D eigenvalue weighted by Gasteiger charge is -2.06. The first-order valence-electron chi connectivity index (χ1n) is 7.07. The highest BCUT2D eigenvalue weighted by atomic mass is 32.2. The minimum atomic E-state index is -4.69. The van der Waals surface area contributed by atoms with Gasteiger partial charge in [-0.25, -0.2) is 0 Å². The maximum atomic E-state index is 11.6. The summed E-state index contributed by atoms with van der Waals surface area (Å²) < 4.78 is 65.0. The van der Waals surface area contributed by atoms with Gasteiger partial charge in [-0.15, -0.1) is 0 Å². The molecule has 0 unspecified atom stereocenters. The van der Waals surface area contributed by atoms with Crippen molar-refractivity contribution in [1.82, 2.24) is 0 Å². The number of benzene rings is 2. The predicted molar refractivity (Wildman–Crippen MR) is 99.1 cm³/mol. The third-order valence-corrected chi connectivity index (χ3v) is 5.13. The lowest BCUT2D eigenvalue weighted by molar-refractivity contribution is 0.480. The van der Waals surface area contributed by atoms with Crippen LogP contribution in [0.4, 0.5) is 11.4 Å². The smallest absolute Gasteiger partial charge is 0.282 e. The Labute approximate surface area is 158 Å². The van der Waals surface area contributed by atoms with Crippen LogP contribution in [0.5, 0.6) is 0 Å². The second kappa shape index (κ2) is 8.10. The van der Waals surface area contributed by atoms with Gasteiger partial charge in [0.05, 0.1) is 0 Å². The summed E-state index contributed by atoms with van der Waals surface area (Å²) in [5.74, 6) is 0. The quantitative estimate of drug-likeness (QED) is 0.228. The number of nitrogens with zero attached hydrogens (tertiary/aromatic N) is 6. The average molecular weight is 422 g/mol. The van der Waals surface area contributed by atoms with E-state index in [0.29, 0.717) is 0 Å². The van der Waals surface area contributed by atoms with Crippen LogP contribution >= 0.6 is 0 Å². The van der Waals surface area contributed by atoms with Gasteiger partial charge in [-0.05, 0) is 34.3 Å². The van der Waals surface area contributed by atoms with Crippen LogP contribution in [0.1, 0.15) is 11.1 Å². The van der Waals surface area contributed by atoms with Crippen LogP contribution in [0.3, 0.4) is 0 Å². The molecule has 0 saturated carbocycles. The van der Waals surface area contributed by atoms with E-state index in [1.54, 1.807) is 0 Å². The summed E-state index contributed by atoms with van der Waals surface area (Å²) in [6.07, 6.45) is 2.33. The molecule has 12 nitrogen and oxygen atoms in total. The number of azide groups is 2. The van der Waals surface area contributed by atoms with Crippen molar-refractivity contribution >= 4 is 43.8 Å². The van der Waals surface area contributed by atoms with Crippen molar-refractivity contribution in [2.45, 2.75) is 9.79 Å². The zero-order valence-corrected chi connectivity index (χ0v) is 15.3. The second-order valence-corrected chi connectivity index (χ2v) is 7.89. The molecule has 2 aromatic carbocycles. The van der Waals surface area contributed by atoms with Crippen molar-refractivity contribution < 1.29 is 25.9 Å². The van der Waals surface area contributed by atoms with Gasteiger partial charge >= 0.3 is 0 Å². The van der Waals surface area contributed by atoms with Gasteiger partial charge in [0, 0.05) is 21.2 Å².